The fraction of sp³-hybridized carbons (Fsp3) is 0.350. The van der Waals surface area contributed by atoms with Gasteiger partial charge in [0.2, 0.25) is 5.91 Å². The first-order chi connectivity index (χ1) is 14.1. The highest BCUT2D eigenvalue weighted by atomic mass is 35.5. The summed E-state index contributed by atoms with van der Waals surface area (Å²) in [5.41, 5.74) is 8.04. The number of hydrogen-bond donors (Lipinski definition) is 2. The van der Waals surface area contributed by atoms with Crippen molar-refractivity contribution < 1.29 is 14.3 Å². The summed E-state index contributed by atoms with van der Waals surface area (Å²) in [5.74, 6) is 0.364. The summed E-state index contributed by atoms with van der Waals surface area (Å²) in [7, 11) is 0. The Morgan fingerprint density at radius 3 is 2.43 bits per heavy atom. The third-order valence-corrected chi connectivity index (χ3v) is 4.61. The topological polar surface area (TPSA) is 111 Å². The second-order valence-corrected chi connectivity index (χ2v) is 7.56. The minimum atomic E-state index is -0.827. The SMILES string of the molecule is Cc1cc(C)n2nc(CC(=O)NNC(=O)C(C)Oc3c(C)cc(Cl)cc3C)nc2n1. The van der Waals surface area contributed by atoms with Gasteiger partial charge in [-0.3, -0.25) is 20.4 Å². The molecule has 3 rings (SSSR count). The molecule has 10 heteroatoms. The molecule has 1 aromatic carbocycles. The zero-order valence-corrected chi connectivity index (χ0v) is 18.2. The quantitative estimate of drug-likeness (QED) is 0.600. The van der Waals surface area contributed by atoms with Crippen LogP contribution in [0.15, 0.2) is 18.2 Å². The molecule has 0 aliphatic carbocycles. The maximum absolute atomic E-state index is 12.3. The van der Waals surface area contributed by atoms with Crippen LogP contribution in [0.5, 0.6) is 5.75 Å². The summed E-state index contributed by atoms with van der Waals surface area (Å²) < 4.78 is 7.32. The molecule has 1 unspecified atom stereocenters. The van der Waals surface area contributed by atoms with E-state index < -0.39 is 17.9 Å². The Hall–Kier alpha value is -3.20. The Labute approximate surface area is 178 Å². The van der Waals surface area contributed by atoms with E-state index in [1.54, 1.807) is 23.6 Å². The van der Waals surface area contributed by atoms with Crippen LogP contribution in [0, 0.1) is 27.7 Å². The molecule has 158 valence electrons. The molecule has 2 heterocycles. The molecule has 0 saturated heterocycles. The van der Waals surface area contributed by atoms with Gasteiger partial charge in [0.1, 0.15) is 5.75 Å². The molecule has 0 spiro atoms. The molecule has 0 aliphatic heterocycles. The average Bonchev–Trinajstić information content (AvgIpc) is 3.04. The zero-order chi connectivity index (χ0) is 22.0. The third-order valence-electron chi connectivity index (χ3n) is 4.39. The number of hydrogen-bond acceptors (Lipinski definition) is 6. The first kappa shape index (κ1) is 21.5. The molecular weight excluding hydrogens is 408 g/mol. The van der Waals surface area contributed by atoms with E-state index >= 15 is 0 Å². The summed E-state index contributed by atoms with van der Waals surface area (Å²) in [4.78, 5) is 33.0. The minimum absolute atomic E-state index is 0.104. The summed E-state index contributed by atoms with van der Waals surface area (Å²) >= 11 is 6.02. The molecule has 0 radical (unpaired) electrons. The smallest absolute Gasteiger partial charge is 0.279 e. The van der Waals surface area contributed by atoms with E-state index in [2.05, 4.69) is 25.9 Å². The number of ether oxygens (including phenoxy) is 1. The number of rotatable bonds is 5. The Kier molecular flexibility index (Phi) is 6.21. The van der Waals surface area contributed by atoms with Gasteiger partial charge in [-0.1, -0.05) is 11.6 Å². The van der Waals surface area contributed by atoms with Crippen molar-refractivity contribution in [3.05, 3.63) is 51.6 Å². The standard InChI is InChI=1S/C20H23ClN6O3/c1-10-6-15(21)7-11(2)18(10)30-14(5)19(29)25-24-17(28)9-16-23-20-22-12(3)8-13(4)27(20)26-16/h6-8,14H,9H2,1-5H3,(H,24,28)(H,25,29). The van der Waals surface area contributed by atoms with E-state index in [9.17, 15) is 9.59 Å². The highest BCUT2D eigenvalue weighted by Crippen LogP contribution is 2.27. The number of nitrogens with one attached hydrogen (secondary N) is 2. The van der Waals surface area contributed by atoms with Crippen LogP contribution >= 0.6 is 11.6 Å². The van der Waals surface area contributed by atoms with Crippen LogP contribution in [0.25, 0.3) is 5.78 Å². The van der Waals surface area contributed by atoms with E-state index in [-0.39, 0.29) is 6.42 Å². The lowest BCUT2D eigenvalue weighted by Crippen LogP contribution is -2.47. The van der Waals surface area contributed by atoms with Crippen molar-refractivity contribution in [2.45, 2.75) is 47.1 Å². The van der Waals surface area contributed by atoms with Crippen molar-refractivity contribution >= 4 is 29.2 Å². The monoisotopic (exact) mass is 430 g/mol. The minimum Gasteiger partial charge on any atom is -0.480 e. The molecule has 0 fully saturated rings. The lowest BCUT2D eigenvalue weighted by atomic mass is 10.1. The molecule has 30 heavy (non-hydrogen) atoms. The molecule has 2 amide bonds. The van der Waals surface area contributed by atoms with Gasteiger partial charge in [0.15, 0.2) is 11.9 Å². The zero-order valence-electron chi connectivity index (χ0n) is 17.4. The summed E-state index contributed by atoms with van der Waals surface area (Å²) in [6.45, 7) is 9.03. The first-order valence-corrected chi connectivity index (χ1v) is 9.74. The van der Waals surface area contributed by atoms with Crippen molar-refractivity contribution in [1.82, 2.24) is 30.4 Å². The number of aryl methyl sites for hydroxylation is 4. The van der Waals surface area contributed by atoms with Crippen molar-refractivity contribution in [3.63, 3.8) is 0 Å². The number of aromatic nitrogens is 4. The van der Waals surface area contributed by atoms with Crippen LogP contribution in [0.1, 0.15) is 35.3 Å². The lowest BCUT2D eigenvalue weighted by Gasteiger charge is -2.18. The number of amides is 2. The second kappa shape index (κ2) is 8.66. The number of carbonyl (C=O) groups excluding carboxylic acids is 2. The molecule has 2 N–H and O–H groups in total. The van der Waals surface area contributed by atoms with E-state index in [0.29, 0.717) is 22.4 Å². The van der Waals surface area contributed by atoms with Gasteiger partial charge in [-0.05, 0) is 63.9 Å². The number of nitrogens with zero attached hydrogens (tertiary/aromatic N) is 4. The fourth-order valence-electron chi connectivity index (χ4n) is 3.02. The van der Waals surface area contributed by atoms with Crippen molar-refractivity contribution in [2.24, 2.45) is 0 Å². The van der Waals surface area contributed by atoms with Crippen molar-refractivity contribution in [2.75, 3.05) is 0 Å². The predicted molar refractivity (Wildman–Crippen MR) is 111 cm³/mol. The molecule has 0 aliphatic rings. The van der Waals surface area contributed by atoms with Gasteiger partial charge in [-0.15, -0.1) is 5.10 Å². The van der Waals surface area contributed by atoms with Gasteiger partial charge < -0.3 is 4.74 Å². The average molecular weight is 431 g/mol. The molecule has 0 bridgehead atoms. The van der Waals surface area contributed by atoms with Gasteiger partial charge in [0.05, 0.1) is 6.42 Å². The summed E-state index contributed by atoms with van der Waals surface area (Å²) in [6.07, 6.45) is -0.931. The van der Waals surface area contributed by atoms with Crippen molar-refractivity contribution in [3.8, 4) is 5.75 Å². The summed E-state index contributed by atoms with van der Waals surface area (Å²) in [6, 6.07) is 5.39. The van der Waals surface area contributed by atoms with Crippen LogP contribution < -0.4 is 15.6 Å². The van der Waals surface area contributed by atoms with E-state index in [4.69, 9.17) is 16.3 Å². The van der Waals surface area contributed by atoms with Gasteiger partial charge >= 0.3 is 0 Å². The Morgan fingerprint density at radius 2 is 1.77 bits per heavy atom. The molecule has 9 nitrogen and oxygen atoms in total. The van der Waals surface area contributed by atoms with E-state index in [0.717, 1.165) is 22.5 Å². The molecule has 2 aromatic heterocycles. The van der Waals surface area contributed by atoms with Gasteiger partial charge in [-0.25, -0.2) is 9.50 Å². The van der Waals surface area contributed by atoms with Gasteiger partial charge in [-0.2, -0.15) is 4.98 Å². The second-order valence-electron chi connectivity index (χ2n) is 7.12. The fourth-order valence-corrected chi connectivity index (χ4v) is 3.34. The highest BCUT2D eigenvalue weighted by Gasteiger charge is 2.19. The maximum Gasteiger partial charge on any atom is 0.279 e. The van der Waals surface area contributed by atoms with E-state index in [1.807, 2.05) is 33.8 Å². The number of fused-ring (bicyclic) bond motifs is 1. The number of benzene rings is 1. The van der Waals surface area contributed by atoms with Crippen LogP contribution in [-0.4, -0.2) is 37.5 Å². The molecule has 0 saturated carbocycles. The van der Waals surface area contributed by atoms with E-state index in [1.165, 1.54) is 0 Å². The van der Waals surface area contributed by atoms with Gasteiger partial charge in [0.25, 0.3) is 11.7 Å². The van der Waals surface area contributed by atoms with Gasteiger partial charge in [0, 0.05) is 16.4 Å². The molecular formula is C20H23ClN6O3. The highest BCUT2D eigenvalue weighted by molar-refractivity contribution is 6.30. The Balaban J connectivity index is 1.57. The Morgan fingerprint density at radius 1 is 1.10 bits per heavy atom. The van der Waals surface area contributed by atoms with Crippen LogP contribution in [0.4, 0.5) is 0 Å². The number of halogens is 1. The number of carbonyl (C=O) groups is 2. The van der Waals surface area contributed by atoms with Crippen LogP contribution in [0.3, 0.4) is 0 Å². The van der Waals surface area contributed by atoms with Crippen molar-refractivity contribution in [1.29, 1.82) is 0 Å². The molecule has 1 atom stereocenters. The van der Waals surface area contributed by atoms with Crippen LogP contribution in [0.2, 0.25) is 5.02 Å². The largest absolute Gasteiger partial charge is 0.480 e. The normalized spacial score (nSPS) is 11.9. The van der Waals surface area contributed by atoms with Crippen LogP contribution in [-0.2, 0) is 16.0 Å². The Bertz CT molecular complexity index is 1100. The maximum atomic E-state index is 12.3. The third kappa shape index (κ3) is 4.85. The lowest BCUT2D eigenvalue weighted by molar-refractivity contribution is -0.132. The summed E-state index contributed by atoms with van der Waals surface area (Å²) in [5, 5.41) is 4.87. The number of hydrazine groups is 1. The first-order valence-electron chi connectivity index (χ1n) is 9.36. The molecule has 3 aromatic rings. The predicted octanol–water partition coefficient (Wildman–Crippen LogP) is 2.17.